The van der Waals surface area contributed by atoms with Gasteiger partial charge in [0.05, 0.1) is 0 Å². The zero-order chi connectivity index (χ0) is 13.4. The maximum atomic E-state index is 9.60. The van der Waals surface area contributed by atoms with Crippen molar-refractivity contribution >= 4 is 26.8 Å². The molecule has 0 aromatic heterocycles. The van der Waals surface area contributed by atoms with E-state index < -0.39 is 26.8 Å². The second-order valence-electron chi connectivity index (χ2n) is 2.14. The summed E-state index contributed by atoms with van der Waals surface area (Å²) >= 11 is 0. The lowest BCUT2D eigenvalue weighted by molar-refractivity contribution is -0.137. The molecule has 0 rings (SSSR count). The highest BCUT2D eigenvalue weighted by molar-refractivity contribution is 7.83. The third kappa shape index (κ3) is 23.2. The van der Waals surface area contributed by atoms with Crippen molar-refractivity contribution in [3.05, 3.63) is 0 Å². The van der Waals surface area contributed by atoms with E-state index in [9.17, 15) is 21.6 Å². The molecule has 0 spiro atoms. The van der Waals surface area contributed by atoms with E-state index in [0.29, 0.717) is 6.42 Å². The van der Waals surface area contributed by atoms with Gasteiger partial charge in [0.2, 0.25) is 0 Å². The summed E-state index contributed by atoms with van der Waals surface area (Å²) in [6.07, 6.45) is 1.02. The van der Waals surface area contributed by atoms with E-state index in [2.05, 4.69) is 8.67 Å². The minimum atomic E-state index is -5.02. The first-order valence-electron chi connectivity index (χ1n) is 3.52. The van der Waals surface area contributed by atoms with Crippen LogP contribution in [0.3, 0.4) is 0 Å². The highest BCUT2D eigenvalue weighted by atomic mass is 32.3. The molecule has 3 N–H and O–H groups in total. The van der Waals surface area contributed by atoms with Gasteiger partial charge in [0.15, 0.2) is 0 Å². The highest BCUT2D eigenvalue weighted by Gasteiger charge is 2.13. The van der Waals surface area contributed by atoms with Gasteiger partial charge in [-0.3, -0.25) is 13.9 Å². The molecule has 0 aliphatic heterocycles. The lowest BCUT2D eigenvalue weighted by atomic mass is 10.4. The SMILES string of the molecule is CCCC(=O)O.O=S(=O)(O)OOS(=O)(=O)O. The van der Waals surface area contributed by atoms with Crippen LogP contribution in [0.1, 0.15) is 19.8 Å². The summed E-state index contributed by atoms with van der Waals surface area (Å²) < 4.78 is 58.9. The molecule has 10 nitrogen and oxygen atoms in total. The topological polar surface area (TPSA) is 164 Å². The van der Waals surface area contributed by atoms with Gasteiger partial charge in [0.1, 0.15) is 0 Å². The molecular formula is C4H10O10S2. The van der Waals surface area contributed by atoms with E-state index in [4.69, 9.17) is 14.2 Å². The lowest BCUT2D eigenvalue weighted by Gasteiger charge is -1.92. The van der Waals surface area contributed by atoms with Crippen LogP contribution in [0.2, 0.25) is 0 Å². The number of hydrogen-bond donors (Lipinski definition) is 3. The molecule has 0 heterocycles. The molecule has 0 aliphatic carbocycles. The number of carboxylic acids is 1. The molecule has 12 heteroatoms. The van der Waals surface area contributed by atoms with Crippen molar-refractivity contribution in [2.75, 3.05) is 0 Å². The fourth-order valence-electron chi connectivity index (χ4n) is 0.284. The van der Waals surface area contributed by atoms with Crippen molar-refractivity contribution in [1.82, 2.24) is 0 Å². The highest BCUT2D eigenvalue weighted by Crippen LogP contribution is 1.92. The van der Waals surface area contributed by atoms with Gasteiger partial charge in [0.25, 0.3) is 0 Å². The molecule has 0 radical (unpaired) electrons. The Morgan fingerprint density at radius 3 is 1.44 bits per heavy atom. The van der Waals surface area contributed by atoms with Gasteiger partial charge < -0.3 is 5.11 Å². The molecule has 0 amide bonds. The number of rotatable bonds is 5. The summed E-state index contributed by atoms with van der Waals surface area (Å²) in [7, 11) is -10.0. The van der Waals surface area contributed by atoms with Crippen molar-refractivity contribution < 1.29 is 44.5 Å². The Balaban J connectivity index is 0. The van der Waals surface area contributed by atoms with Crippen LogP contribution in [0.15, 0.2) is 0 Å². The van der Waals surface area contributed by atoms with Crippen LogP contribution in [0, 0.1) is 0 Å². The summed E-state index contributed by atoms with van der Waals surface area (Å²) in [5.74, 6) is -0.711. The zero-order valence-electron chi connectivity index (χ0n) is 7.93. The van der Waals surface area contributed by atoms with Gasteiger partial charge in [-0.05, 0) is 6.42 Å². The van der Waals surface area contributed by atoms with Crippen molar-refractivity contribution in [2.24, 2.45) is 0 Å². The molecule has 16 heavy (non-hydrogen) atoms. The smallest absolute Gasteiger partial charge is 0.425 e. The Labute approximate surface area is 91.6 Å². The number of aliphatic carboxylic acids is 1. The Morgan fingerprint density at radius 2 is 1.38 bits per heavy atom. The van der Waals surface area contributed by atoms with Crippen LogP contribution in [-0.2, 0) is 34.3 Å². The molecule has 0 bridgehead atoms. The summed E-state index contributed by atoms with van der Waals surface area (Å²) in [4.78, 5) is 9.60. The minimum Gasteiger partial charge on any atom is -0.481 e. The molecular weight excluding hydrogens is 272 g/mol. The van der Waals surface area contributed by atoms with Gasteiger partial charge >= 0.3 is 26.8 Å². The minimum absolute atomic E-state index is 0.292. The van der Waals surface area contributed by atoms with Crippen LogP contribution in [0.4, 0.5) is 0 Å². The molecule has 98 valence electrons. The van der Waals surface area contributed by atoms with Crippen molar-refractivity contribution in [3.63, 3.8) is 0 Å². The average Bonchev–Trinajstić information content (AvgIpc) is 1.99. The lowest BCUT2D eigenvalue weighted by Crippen LogP contribution is -2.10. The third-order valence-electron chi connectivity index (χ3n) is 0.664. The Bertz CT molecular complexity index is 359. The average molecular weight is 282 g/mol. The number of carboxylic acid groups (broad SMARTS) is 1. The summed E-state index contributed by atoms with van der Waals surface area (Å²) in [5.41, 5.74) is 0. The van der Waals surface area contributed by atoms with Crippen LogP contribution >= 0.6 is 0 Å². The maximum Gasteiger partial charge on any atom is 0.425 e. The van der Waals surface area contributed by atoms with Crippen molar-refractivity contribution in [3.8, 4) is 0 Å². The summed E-state index contributed by atoms with van der Waals surface area (Å²) in [5, 5.41) is 7.91. The second-order valence-corrected chi connectivity index (χ2v) is 4.12. The molecule has 0 saturated heterocycles. The van der Waals surface area contributed by atoms with E-state index in [1.807, 2.05) is 6.92 Å². The zero-order valence-corrected chi connectivity index (χ0v) is 9.56. The fourth-order valence-corrected chi connectivity index (χ4v) is 0.846. The van der Waals surface area contributed by atoms with Gasteiger partial charge in [-0.2, -0.15) is 16.8 Å². The number of hydrogen-bond acceptors (Lipinski definition) is 7. The molecule has 0 atom stereocenters. The monoisotopic (exact) mass is 282 g/mol. The fraction of sp³-hybridized carbons (Fsp3) is 0.750. The summed E-state index contributed by atoms with van der Waals surface area (Å²) in [6.45, 7) is 1.84. The maximum absolute atomic E-state index is 9.60. The van der Waals surface area contributed by atoms with E-state index in [1.165, 1.54) is 0 Å². The molecule has 0 aromatic rings. The van der Waals surface area contributed by atoms with Gasteiger partial charge in [-0.15, -0.1) is 0 Å². The van der Waals surface area contributed by atoms with E-state index in [-0.39, 0.29) is 0 Å². The Kier molecular flexibility index (Phi) is 8.23. The normalized spacial score (nSPS) is 11.4. The van der Waals surface area contributed by atoms with Crippen LogP contribution < -0.4 is 0 Å². The summed E-state index contributed by atoms with van der Waals surface area (Å²) in [6, 6.07) is 0. The van der Waals surface area contributed by atoms with E-state index >= 15 is 0 Å². The molecule has 0 unspecified atom stereocenters. The second kappa shape index (κ2) is 7.48. The van der Waals surface area contributed by atoms with Crippen LogP contribution in [-0.4, -0.2) is 37.0 Å². The largest absolute Gasteiger partial charge is 0.481 e. The molecule has 0 aromatic carbocycles. The third-order valence-corrected chi connectivity index (χ3v) is 1.23. The van der Waals surface area contributed by atoms with Gasteiger partial charge in [-0.25, -0.2) is 0 Å². The van der Waals surface area contributed by atoms with Crippen molar-refractivity contribution in [2.45, 2.75) is 19.8 Å². The van der Waals surface area contributed by atoms with Gasteiger partial charge in [-0.1, -0.05) is 15.6 Å². The van der Waals surface area contributed by atoms with Crippen molar-refractivity contribution in [1.29, 1.82) is 0 Å². The van der Waals surface area contributed by atoms with E-state index in [0.717, 1.165) is 6.42 Å². The van der Waals surface area contributed by atoms with E-state index in [1.54, 1.807) is 0 Å². The molecule has 0 fully saturated rings. The van der Waals surface area contributed by atoms with Crippen LogP contribution in [0.25, 0.3) is 0 Å². The predicted octanol–water partition coefficient (Wildman–Crippen LogP) is -0.589. The first-order chi connectivity index (χ1) is 6.98. The number of carbonyl (C=O) groups is 1. The van der Waals surface area contributed by atoms with Crippen LogP contribution in [0.5, 0.6) is 0 Å². The standard InChI is InChI=1S/C4H8O2.H2O8S2/c1-2-3-4(5)6;1-9(2,3)7-8-10(4,5)6/h2-3H2,1H3,(H,5,6);(H,1,2,3)(H,4,5,6). The quantitative estimate of drug-likeness (QED) is 0.337. The first-order valence-corrected chi connectivity index (χ1v) is 6.25. The molecule has 0 aliphatic rings. The molecule has 0 saturated carbocycles. The van der Waals surface area contributed by atoms with Gasteiger partial charge in [0, 0.05) is 6.42 Å². The Hall–Kier alpha value is -0.790. The first kappa shape index (κ1) is 17.6. The predicted molar refractivity (Wildman–Crippen MR) is 47.8 cm³/mol. The Morgan fingerprint density at radius 1 is 1.06 bits per heavy atom.